The SMILES string of the molecule is CNC(C)c1ccc(Oc2cc(C)nn2C)nc1. The molecule has 5 heteroatoms. The van der Waals surface area contributed by atoms with Crippen molar-refractivity contribution in [2.45, 2.75) is 19.9 Å². The van der Waals surface area contributed by atoms with Crippen LogP contribution in [0.15, 0.2) is 24.4 Å². The van der Waals surface area contributed by atoms with Crippen LogP contribution in [0.5, 0.6) is 11.8 Å². The van der Waals surface area contributed by atoms with E-state index in [9.17, 15) is 0 Å². The summed E-state index contributed by atoms with van der Waals surface area (Å²) >= 11 is 0. The van der Waals surface area contributed by atoms with Gasteiger partial charge in [-0.1, -0.05) is 6.07 Å². The van der Waals surface area contributed by atoms with Gasteiger partial charge in [-0.05, 0) is 26.5 Å². The number of aromatic nitrogens is 3. The minimum absolute atomic E-state index is 0.283. The highest BCUT2D eigenvalue weighted by atomic mass is 16.5. The molecule has 2 aromatic heterocycles. The van der Waals surface area contributed by atoms with Crippen LogP contribution in [-0.2, 0) is 7.05 Å². The van der Waals surface area contributed by atoms with Gasteiger partial charge >= 0.3 is 0 Å². The van der Waals surface area contributed by atoms with E-state index in [0.29, 0.717) is 11.8 Å². The van der Waals surface area contributed by atoms with Crippen molar-refractivity contribution in [2.24, 2.45) is 7.05 Å². The fraction of sp³-hybridized carbons (Fsp3) is 0.385. The molecule has 5 nitrogen and oxygen atoms in total. The average Bonchev–Trinajstić information content (AvgIpc) is 2.68. The first-order chi connectivity index (χ1) is 8.60. The monoisotopic (exact) mass is 246 g/mol. The van der Waals surface area contributed by atoms with Gasteiger partial charge in [-0.3, -0.25) is 0 Å². The van der Waals surface area contributed by atoms with Crippen molar-refractivity contribution in [1.82, 2.24) is 20.1 Å². The summed E-state index contributed by atoms with van der Waals surface area (Å²) in [5.41, 5.74) is 2.05. The zero-order valence-corrected chi connectivity index (χ0v) is 11.1. The lowest BCUT2D eigenvalue weighted by Gasteiger charge is -2.10. The summed E-state index contributed by atoms with van der Waals surface area (Å²) in [7, 11) is 3.77. The molecule has 2 heterocycles. The van der Waals surface area contributed by atoms with Gasteiger partial charge in [0, 0.05) is 31.4 Å². The Kier molecular flexibility index (Phi) is 3.62. The number of nitrogens with zero attached hydrogens (tertiary/aromatic N) is 3. The highest BCUT2D eigenvalue weighted by molar-refractivity contribution is 5.25. The van der Waals surface area contributed by atoms with E-state index in [1.165, 1.54) is 0 Å². The predicted molar refractivity (Wildman–Crippen MR) is 69.7 cm³/mol. The predicted octanol–water partition coefficient (Wildman–Crippen LogP) is 2.20. The second-order valence-electron chi connectivity index (χ2n) is 4.29. The zero-order valence-electron chi connectivity index (χ0n) is 11.1. The molecule has 0 radical (unpaired) electrons. The Morgan fingerprint density at radius 1 is 1.39 bits per heavy atom. The first kappa shape index (κ1) is 12.6. The summed E-state index contributed by atoms with van der Waals surface area (Å²) in [6.45, 7) is 4.01. The maximum absolute atomic E-state index is 5.67. The number of nitrogens with one attached hydrogen (secondary N) is 1. The quantitative estimate of drug-likeness (QED) is 0.898. The molecule has 0 aromatic carbocycles. The molecule has 0 spiro atoms. The topological polar surface area (TPSA) is 52.0 Å². The van der Waals surface area contributed by atoms with Crippen LogP contribution in [0.2, 0.25) is 0 Å². The molecule has 0 aliphatic rings. The third-order valence-electron chi connectivity index (χ3n) is 2.86. The van der Waals surface area contributed by atoms with E-state index in [4.69, 9.17) is 4.74 Å². The molecule has 0 aliphatic heterocycles. The van der Waals surface area contributed by atoms with Gasteiger partial charge in [0.1, 0.15) is 0 Å². The third kappa shape index (κ3) is 2.68. The van der Waals surface area contributed by atoms with Crippen LogP contribution >= 0.6 is 0 Å². The van der Waals surface area contributed by atoms with Crippen LogP contribution in [0, 0.1) is 6.92 Å². The second-order valence-corrected chi connectivity index (χ2v) is 4.29. The minimum Gasteiger partial charge on any atom is -0.421 e. The van der Waals surface area contributed by atoms with E-state index >= 15 is 0 Å². The lowest BCUT2D eigenvalue weighted by atomic mass is 10.1. The van der Waals surface area contributed by atoms with E-state index in [2.05, 4.69) is 22.3 Å². The molecule has 0 fully saturated rings. The van der Waals surface area contributed by atoms with Crippen molar-refractivity contribution in [1.29, 1.82) is 0 Å². The molecule has 0 saturated heterocycles. The Labute approximate surface area is 107 Å². The molecule has 0 amide bonds. The van der Waals surface area contributed by atoms with Crippen LogP contribution in [0.3, 0.4) is 0 Å². The molecule has 1 unspecified atom stereocenters. The van der Waals surface area contributed by atoms with Crippen LogP contribution in [0.4, 0.5) is 0 Å². The molecule has 1 atom stereocenters. The maximum Gasteiger partial charge on any atom is 0.221 e. The van der Waals surface area contributed by atoms with E-state index < -0.39 is 0 Å². The maximum atomic E-state index is 5.67. The van der Waals surface area contributed by atoms with Crippen LogP contribution < -0.4 is 10.1 Å². The number of hydrogen-bond donors (Lipinski definition) is 1. The molecule has 96 valence electrons. The fourth-order valence-electron chi connectivity index (χ4n) is 1.66. The van der Waals surface area contributed by atoms with Crippen LogP contribution in [-0.4, -0.2) is 21.8 Å². The molecular weight excluding hydrogens is 228 g/mol. The molecule has 2 rings (SSSR count). The van der Waals surface area contributed by atoms with E-state index in [0.717, 1.165) is 11.3 Å². The Bertz CT molecular complexity index is 518. The molecule has 1 N–H and O–H groups in total. The summed E-state index contributed by atoms with van der Waals surface area (Å²) in [6, 6.07) is 6.04. The summed E-state index contributed by atoms with van der Waals surface area (Å²) in [4.78, 5) is 4.29. The van der Waals surface area contributed by atoms with E-state index in [1.807, 2.05) is 45.4 Å². The lowest BCUT2D eigenvalue weighted by molar-refractivity contribution is 0.415. The Balaban J connectivity index is 2.13. The standard InChI is InChI=1S/C13H18N4O/c1-9-7-13(17(4)16-9)18-12-6-5-11(8-15-12)10(2)14-3/h5-8,10,14H,1-4H3. The second kappa shape index (κ2) is 5.18. The van der Waals surface area contributed by atoms with E-state index in [-0.39, 0.29) is 6.04 Å². The van der Waals surface area contributed by atoms with Gasteiger partial charge in [-0.2, -0.15) is 5.10 Å². The normalized spacial score (nSPS) is 12.4. The van der Waals surface area contributed by atoms with Gasteiger partial charge in [-0.15, -0.1) is 0 Å². The largest absolute Gasteiger partial charge is 0.421 e. The van der Waals surface area contributed by atoms with Gasteiger partial charge < -0.3 is 10.1 Å². The van der Waals surface area contributed by atoms with E-state index in [1.54, 1.807) is 4.68 Å². The molecule has 0 bridgehead atoms. The highest BCUT2D eigenvalue weighted by Gasteiger charge is 2.07. The number of aryl methyl sites for hydroxylation is 2. The smallest absolute Gasteiger partial charge is 0.221 e. The average molecular weight is 246 g/mol. The van der Waals surface area contributed by atoms with Gasteiger partial charge in [0.25, 0.3) is 0 Å². The van der Waals surface area contributed by atoms with Gasteiger partial charge in [-0.25, -0.2) is 9.67 Å². The molecule has 0 aliphatic carbocycles. The van der Waals surface area contributed by atoms with Crippen molar-refractivity contribution >= 4 is 0 Å². The lowest BCUT2D eigenvalue weighted by Crippen LogP contribution is -2.12. The molecule has 2 aromatic rings. The molecule has 18 heavy (non-hydrogen) atoms. The molecular formula is C13H18N4O. The summed E-state index contributed by atoms with van der Waals surface area (Å²) in [6.07, 6.45) is 1.82. The van der Waals surface area contributed by atoms with Crippen molar-refractivity contribution in [2.75, 3.05) is 7.05 Å². The van der Waals surface area contributed by atoms with Crippen LogP contribution in [0.1, 0.15) is 24.2 Å². The van der Waals surface area contributed by atoms with Gasteiger partial charge in [0.15, 0.2) is 0 Å². The zero-order chi connectivity index (χ0) is 13.1. The van der Waals surface area contributed by atoms with Crippen molar-refractivity contribution in [3.63, 3.8) is 0 Å². The van der Waals surface area contributed by atoms with Crippen molar-refractivity contribution in [3.8, 4) is 11.8 Å². The highest BCUT2D eigenvalue weighted by Crippen LogP contribution is 2.21. The summed E-state index contributed by atoms with van der Waals surface area (Å²) in [5, 5.41) is 7.39. The fourth-order valence-corrected chi connectivity index (χ4v) is 1.66. The number of hydrogen-bond acceptors (Lipinski definition) is 4. The van der Waals surface area contributed by atoms with Crippen molar-refractivity contribution < 1.29 is 4.74 Å². The first-order valence-corrected chi connectivity index (χ1v) is 5.92. The number of ether oxygens (including phenoxy) is 1. The third-order valence-corrected chi connectivity index (χ3v) is 2.86. The van der Waals surface area contributed by atoms with Crippen LogP contribution in [0.25, 0.3) is 0 Å². The van der Waals surface area contributed by atoms with Gasteiger partial charge in [0.05, 0.1) is 5.69 Å². The number of rotatable bonds is 4. The van der Waals surface area contributed by atoms with Crippen molar-refractivity contribution in [3.05, 3.63) is 35.7 Å². The Hall–Kier alpha value is -1.88. The summed E-state index contributed by atoms with van der Waals surface area (Å²) < 4.78 is 7.36. The first-order valence-electron chi connectivity index (χ1n) is 5.92. The summed E-state index contributed by atoms with van der Waals surface area (Å²) in [5.74, 6) is 1.26. The molecule has 0 saturated carbocycles. The van der Waals surface area contributed by atoms with Gasteiger partial charge in [0.2, 0.25) is 11.8 Å². The minimum atomic E-state index is 0.283. The Morgan fingerprint density at radius 2 is 2.17 bits per heavy atom. The Morgan fingerprint density at radius 3 is 2.67 bits per heavy atom. The number of pyridine rings is 1.